The molecule has 1 heterocycles. The third-order valence-electron chi connectivity index (χ3n) is 2.83. The number of ether oxygens (including phenoxy) is 1. The summed E-state index contributed by atoms with van der Waals surface area (Å²) in [6.45, 7) is 0. The van der Waals surface area contributed by atoms with Crippen LogP contribution in [-0.2, 0) is 9.59 Å². The predicted molar refractivity (Wildman–Crippen MR) is 63.3 cm³/mol. The molecule has 1 aromatic carbocycles. The number of carbonyl (C=O) groups excluding carboxylic acids is 2. The maximum Gasteiger partial charge on any atom is 0.256 e. The van der Waals surface area contributed by atoms with Gasteiger partial charge in [0.05, 0.1) is 13.5 Å². The first kappa shape index (κ1) is 12.3. The Balaban J connectivity index is 2.34. The Bertz CT molecular complexity index is 551. The van der Waals surface area contributed by atoms with Crippen molar-refractivity contribution in [2.45, 2.75) is 6.42 Å². The number of hydrogen-bond acceptors (Lipinski definition) is 3. The highest BCUT2D eigenvalue weighted by atomic mass is 19.1. The fourth-order valence-electron chi connectivity index (χ4n) is 1.74. The van der Waals surface area contributed by atoms with Crippen LogP contribution < -0.4 is 4.74 Å². The number of hydrogen-bond donors (Lipinski definition) is 0. The Morgan fingerprint density at radius 3 is 2.61 bits per heavy atom. The van der Waals surface area contributed by atoms with Gasteiger partial charge in [0.25, 0.3) is 5.91 Å². The van der Waals surface area contributed by atoms with E-state index in [1.165, 1.54) is 32.4 Å². The summed E-state index contributed by atoms with van der Waals surface area (Å²) in [4.78, 5) is 24.0. The number of amides is 2. The Morgan fingerprint density at radius 2 is 2.11 bits per heavy atom. The van der Waals surface area contributed by atoms with Crippen LogP contribution in [0.2, 0.25) is 0 Å². The summed E-state index contributed by atoms with van der Waals surface area (Å²) in [5.41, 5.74) is 0.564. The molecule has 2 amide bonds. The molecule has 0 spiro atoms. The monoisotopic (exact) mass is 249 g/mol. The zero-order valence-corrected chi connectivity index (χ0v) is 10.1. The average Bonchev–Trinajstić information content (AvgIpc) is 2.59. The number of carbonyl (C=O) groups is 2. The van der Waals surface area contributed by atoms with Crippen LogP contribution in [0.5, 0.6) is 5.75 Å². The fraction of sp³-hybridized carbons (Fsp3) is 0.231. The molecule has 1 aromatic rings. The van der Waals surface area contributed by atoms with Crippen LogP contribution in [0.25, 0.3) is 6.08 Å². The lowest BCUT2D eigenvalue weighted by Gasteiger charge is -2.04. The zero-order chi connectivity index (χ0) is 13.3. The minimum atomic E-state index is -0.489. The van der Waals surface area contributed by atoms with E-state index >= 15 is 0 Å². The number of nitrogens with zero attached hydrogens (tertiary/aromatic N) is 1. The first-order valence-corrected chi connectivity index (χ1v) is 5.38. The van der Waals surface area contributed by atoms with Crippen LogP contribution in [0.15, 0.2) is 23.8 Å². The average molecular weight is 249 g/mol. The number of likely N-dealkylation sites (tertiary alicyclic amines) is 1. The first-order chi connectivity index (χ1) is 8.52. The number of methoxy groups -OCH3 is 1. The molecule has 0 radical (unpaired) electrons. The molecule has 4 nitrogen and oxygen atoms in total. The van der Waals surface area contributed by atoms with Crippen molar-refractivity contribution in [3.8, 4) is 5.75 Å². The minimum absolute atomic E-state index is 0.0147. The molecule has 1 aliphatic heterocycles. The summed E-state index contributed by atoms with van der Waals surface area (Å²) in [5.74, 6) is -0.743. The van der Waals surface area contributed by atoms with Gasteiger partial charge in [-0.3, -0.25) is 14.5 Å². The SMILES string of the molecule is COc1ccc(/C=C2\CC(=O)N(C)C2=O)c(F)c1. The lowest BCUT2D eigenvalue weighted by molar-refractivity contribution is -0.135. The Hall–Kier alpha value is -2.17. The van der Waals surface area contributed by atoms with Crippen LogP contribution in [0.1, 0.15) is 12.0 Å². The molecule has 0 bridgehead atoms. The molecule has 1 aliphatic rings. The van der Waals surface area contributed by atoms with Gasteiger partial charge in [-0.2, -0.15) is 0 Å². The lowest BCUT2D eigenvalue weighted by atomic mass is 10.1. The highest BCUT2D eigenvalue weighted by Gasteiger charge is 2.30. The Kier molecular flexibility index (Phi) is 3.14. The second-order valence-electron chi connectivity index (χ2n) is 3.99. The normalized spacial score (nSPS) is 17.7. The second-order valence-corrected chi connectivity index (χ2v) is 3.99. The van der Waals surface area contributed by atoms with Gasteiger partial charge in [-0.05, 0) is 18.2 Å². The first-order valence-electron chi connectivity index (χ1n) is 5.38. The molecule has 0 N–H and O–H groups in total. The quantitative estimate of drug-likeness (QED) is 0.591. The zero-order valence-electron chi connectivity index (χ0n) is 10.1. The van der Waals surface area contributed by atoms with E-state index in [4.69, 9.17) is 4.74 Å². The van der Waals surface area contributed by atoms with E-state index in [9.17, 15) is 14.0 Å². The van der Waals surface area contributed by atoms with E-state index in [-0.39, 0.29) is 23.8 Å². The van der Waals surface area contributed by atoms with Crippen molar-refractivity contribution in [3.05, 3.63) is 35.2 Å². The molecule has 0 unspecified atom stereocenters. The van der Waals surface area contributed by atoms with Crippen molar-refractivity contribution >= 4 is 17.9 Å². The van der Waals surface area contributed by atoms with E-state index in [0.29, 0.717) is 11.3 Å². The summed E-state index contributed by atoms with van der Waals surface area (Å²) in [5, 5.41) is 0. The van der Waals surface area contributed by atoms with Gasteiger partial charge in [0, 0.05) is 24.3 Å². The van der Waals surface area contributed by atoms with Crippen LogP contribution in [0, 0.1) is 5.82 Å². The fourth-order valence-corrected chi connectivity index (χ4v) is 1.74. The van der Waals surface area contributed by atoms with Gasteiger partial charge in [-0.1, -0.05) is 0 Å². The van der Waals surface area contributed by atoms with Gasteiger partial charge in [-0.25, -0.2) is 4.39 Å². The Labute approximate surface area is 104 Å². The Morgan fingerprint density at radius 1 is 1.39 bits per heavy atom. The van der Waals surface area contributed by atoms with E-state index in [1.807, 2.05) is 0 Å². The standard InChI is InChI=1S/C13H12FNO3/c1-15-12(16)6-9(13(15)17)5-8-3-4-10(18-2)7-11(8)14/h3-5,7H,6H2,1-2H3/b9-5+. The summed E-state index contributed by atoms with van der Waals surface area (Å²) >= 11 is 0. The number of likely N-dealkylation sites (N-methyl/N-ethyl adjacent to an activating group) is 1. The van der Waals surface area contributed by atoms with Gasteiger partial charge in [0.15, 0.2) is 0 Å². The molecule has 0 atom stereocenters. The highest BCUT2D eigenvalue weighted by molar-refractivity contribution is 6.15. The molecule has 2 rings (SSSR count). The van der Waals surface area contributed by atoms with E-state index in [2.05, 4.69) is 0 Å². The maximum atomic E-state index is 13.7. The molecule has 1 saturated heterocycles. The molecule has 0 aromatic heterocycles. The maximum absolute atomic E-state index is 13.7. The highest BCUT2D eigenvalue weighted by Crippen LogP contribution is 2.23. The van der Waals surface area contributed by atoms with Crippen LogP contribution >= 0.6 is 0 Å². The van der Waals surface area contributed by atoms with Crippen molar-refractivity contribution in [2.75, 3.05) is 14.2 Å². The van der Waals surface area contributed by atoms with Crippen molar-refractivity contribution in [2.24, 2.45) is 0 Å². The smallest absolute Gasteiger partial charge is 0.256 e. The second kappa shape index (κ2) is 4.60. The summed E-state index contributed by atoms with van der Waals surface area (Å²) in [7, 11) is 2.86. The van der Waals surface area contributed by atoms with E-state index < -0.39 is 5.82 Å². The van der Waals surface area contributed by atoms with Crippen molar-refractivity contribution < 1.29 is 18.7 Å². The molecule has 1 fully saturated rings. The molecular weight excluding hydrogens is 237 g/mol. The van der Waals surface area contributed by atoms with Crippen molar-refractivity contribution in [1.29, 1.82) is 0 Å². The molecule has 0 saturated carbocycles. The number of imide groups is 1. The minimum Gasteiger partial charge on any atom is -0.497 e. The topological polar surface area (TPSA) is 46.6 Å². The van der Waals surface area contributed by atoms with Crippen LogP contribution in [0.4, 0.5) is 4.39 Å². The van der Waals surface area contributed by atoms with E-state index in [0.717, 1.165) is 4.90 Å². The van der Waals surface area contributed by atoms with Gasteiger partial charge in [-0.15, -0.1) is 0 Å². The molecule has 18 heavy (non-hydrogen) atoms. The van der Waals surface area contributed by atoms with Gasteiger partial charge >= 0.3 is 0 Å². The third-order valence-corrected chi connectivity index (χ3v) is 2.83. The third kappa shape index (κ3) is 2.11. The predicted octanol–water partition coefficient (Wildman–Crippen LogP) is 1.61. The summed E-state index contributed by atoms with van der Waals surface area (Å²) < 4.78 is 18.6. The van der Waals surface area contributed by atoms with Crippen LogP contribution in [0.3, 0.4) is 0 Å². The van der Waals surface area contributed by atoms with Crippen molar-refractivity contribution in [1.82, 2.24) is 4.90 Å². The largest absolute Gasteiger partial charge is 0.497 e. The van der Waals surface area contributed by atoms with Crippen LogP contribution in [-0.4, -0.2) is 30.9 Å². The lowest BCUT2D eigenvalue weighted by Crippen LogP contribution is -2.23. The van der Waals surface area contributed by atoms with Crippen molar-refractivity contribution in [3.63, 3.8) is 0 Å². The number of halogens is 1. The summed E-state index contributed by atoms with van der Waals surface area (Å²) in [6.07, 6.45) is 1.42. The molecular formula is C13H12FNO3. The van der Waals surface area contributed by atoms with Gasteiger partial charge in [0.2, 0.25) is 5.91 Å². The molecule has 0 aliphatic carbocycles. The molecule has 94 valence electrons. The number of benzene rings is 1. The summed E-state index contributed by atoms with van der Waals surface area (Å²) in [6, 6.07) is 4.34. The number of rotatable bonds is 2. The van der Waals surface area contributed by atoms with E-state index in [1.54, 1.807) is 6.07 Å². The molecule has 5 heteroatoms. The van der Waals surface area contributed by atoms with Gasteiger partial charge < -0.3 is 4.74 Å². The van der Waals surface area contributed by atoms with Gasteiger partial charge in [0.1, 0.15) is 11.6 Å².